The van der Waals surface area contributed by atoms with Crippen LogP contribution in [0.2, 0.25) is 0 Å². The smallest absolute Gasteiger partial charge is 0.306 e. The molecule has 0 saturated carbocycles. The first-order chi connectivity index (χ1) is 13.8. The first-order valence-electron chi connectivity index (χ1n) is 9.22. The lowest BCUT2D eigenvalue weighted by Gasteiger charge is -2.31. The standard InChI is InChI=1S/C21H25FO7S/c1-14(21(3,22)30(26,27)28)29-19(25)12-13-20(2,15-4-8-17(23)9-5-15)16-6-10-18(24)11-7-16/h4-11,14,23-24H,12-13H2,1-3H3,(H,26,27,28). The topological polar surface area (TPSA) is 121 Å². The van der Waals surface area contributed by atoms with Gasteiger partial charge < -0.3 is 14.9 Å². The second-order valence-corrected chi connectivity index (χ2v) is 9.27. The van der Waals surface area contributed by atoms with E-state index in [1.807, 2.05) is 6.92 Å². The summed E-state index contributed by atoms with van der Waals surface area (Å²) < 4.78 is 50.5. The average molecular weight is 440 g/mol. The van der Waals surface area contributed by atoms with Gasteiger partial charge in [-0.3, -0.25) is 9.35 Å². The van der Waals surface area contributed by atoms with E-state index in [1.165, 1.54) is 24.3 Å². The number of hydrogen-bond acceptors (Lipinski definition) is 6. The molecule has 2 rings (SSSR count). The van der Waals surface area contributed by atoms with Crippen LogP contribution in [0.5, 0.6) is 11.5 Å². The molecule has 7 nitrogen and oxygen atoms in total. The molecule has 2 atom stereocenters. The molecule has 0 amide bonds. The van der Waals surface area contributed by atoms with E-state index < -0.39 is 32.6 Å². The lowest BCUT2D eigenvalue weighted by atomic mass is 9.73. The number of halogens is 1. The second-order valence-electron chi connectivity index (χ2n) is 7.52. The summed E-state index contributed by atoms with van der Waals surface area (Å²) in [4.78, 5) is 12.3. The zero-order valence-electron chi connectivity index (χ0n) is 16.9. The second kappa shape index (κ2) is 8.61. The zero-order chi connectivity index (χ0) is 22.7. The number of aromatic hydroxyl groups is 2. The maximum atomic E-state index is 14.3. The fourth-order valence-corrected chi connectivity index (χ4v) is 3.50. The molecule has 164 valence electrons. The molecule has 2 aromatic carbocycles. The van der Waals surface area contributed by atoms with Crippen molar-refractivity contribution in [3.8, 4) is 11.5 Å². The van der Waals surface area contributed by atoms with Crippen molar-refractivity contribution in [3.63, 3.8) is 0 Å². The molecule has 0 spiro atoms. The maximum absolute atomic E-state index is 14.3. The molecule has 0 aliphatic carbocycles. The lowest BCUT2D eigenvalue weighted by molar-refractivity contribution is -0.152. The van der Waals surface area contributed by atoms with Crippen molar-refractivity contribution in [2.75, 3.05) is 0 Å². The number of carbonyl (C=O) groups excluding carboxylic acids is 1. The Balaban J connectivity index is 2.24. The van der Waals surface area contributed by atoms with E-state index in [4.69, 9.17) is 9.29 Å². The van der Waals surface area contributed by atoms with Gasteiger partial charge >= 0.3 is 16.1 Å². The third kappa shape index (κ3) is 5.09. The molecule has 30 heavy (non-hydrogen) atoms. The third-order valence-corrected chi connectivity index (χ3v) is 6.72. The Hall–Kier alpha value is -2.65. The quantitative estimate of drug-likeness (QED) is 0.423. The Morgan fingerprint density at radius 3 is 1.77 bits per heavy atom. The summed E-state index contributed by atoms with van der Waals surface area (Å²) in [5.41, 5.74) is 0.825. The Bertz CT molecular complexity index is 938. The molecule has 0 bridgehead atoms. The number of hydrogen-bond donors (Lipinski definition) is 3. The summed E-state index contributed by atoms with van der Waals surface area (Å²) in [5, 5.41) is 16.0. The van der Waals surface area contributed by atoms with Crippen molar-refractivity contribution in [2.45, 2.75) is 50.1 Å². The van der Waals surface area contributed by atoms with Gasteiger partial charge in [0.1, 0.15) is 17.6 Å². The first-order valence-corrected chi connectivity index (χ1v) is 10.7. The highest BCUT2D eigenvalue weighted by atomic mass is 32.2. The van der Waals surface area contributed by atoms with Crippen LogP contribution in [0.1, 0.15) is 44.7 Å². The van der Waals surface area contributed by atoms with Crippen molar-refractivity contribution in [3.05, 3.63) is 59.7 Å². The van der Waals surface area contributed by atoms with Crippen molar-refractivity contribution in [1.29, 1.82) is 0 Å². The Morgan fingerprint density at radius 1 is 1.00 bits per heavy atom. The molecule has 0 fully saturated rings. The van der Waals surface area contributed by atoms with Crippen LogP contribution in [0.3, 0.4) is 0 Å². The monoisotopic (exact) mass is 440 g/mol. The predicted molar refractivity (Wildman–Crippen MR) is 109 cm³/mol. The summed E-state index contributed by atoms with van der Waals surface area (Å²) >= 11 is 0. The highest BCUT2D eigenvalue weighted by molar-refractivity contribution is 7.87. The number of phenols is 2. The number of rotatable bonds is 8. The fraction of sp³-hybridized carbons (Fsp3) is 0.381. The van der Waals surface area contributed by atoms with Gasteiger partial charge in [-0.2, -0.15) is 8.42 Å². The minimum absolute atomic E-state index is 0.0764. The molecular formula is C21H25FO7S. The first kappa shape index (κ1) is 23.6. The summed E-state index contributed by atoms with van der Waals surface area (Å²) in [6.45, 7) is 3.53. The van der Waals surface area contributed by atoms with Crippen LogP contribution < -0.4 is 0 Å². The number of ether oxygens (including phenoxy) is 1. The van der Waals surface area contributed by atoms with E-state index in [0.29, 0.717) is 6.92 Å². The minimum atomic E-state index is -5.08. The van der Waals surface area contributed by atoms with Gasteiger partial charge in [-0.25, -0.2) is 4.39 Å². The molecule has 0 radical (unpaired) electrons. The Kier molecular flexibility index (Phi) is 6.78. The summed E-state index contributed by atoms with van der Waals surface area (Å²) in [5.74, 6) is -0.682. The number of esters is 1. The van der Waals surface area contributed by atoms with Crippen LogP contribution >= 0.6 is 0 Å². The average Bonchev–Trinajstić information content (AvgIpc) is 2.66. The number of benzene rings is 2. The van der Waals surface area contributed by atoms with Gasteiger partial charge in [0.25, 0.3) is 5.00 Å². The molecule has 3 N–H and O–H groups in total. The van der Waals surface area contributed by atoms with Crippen LogP contribution in [0.4, 0.5) is 4.39 Å². The zero-order valence-corrected chi connectivity index (χ0v) is 17.7. The van der Waals surface area contributed by atoms with E-state index in [1.54, 1.807) is 24.3 Å². The predicted octanol–water partition coefficient (Wildman–Crippen LogP) is 3.69. The highest BCUT2D eigenvalue weighted by Gasteiger charge is 2.46. The van der Waals surface area contributed by atoms with Crippen molar-refractivity contribution in [1.82, 2.24) is 0 Å². The number of phenolic OH excluding ortho intramolecular Hbond substituents is 2. The van der Waals surface area contributed by atoms with Gasteiger partial charge in [0.2, 0.25) is 0 Å². The highest BCUT2D eigenvalue weighted by Crippen LogP contribution is 2.38. The SMILES string of the molecule is CC(OC(=O)CCC(C)(c1ccc(O)cc1)c1ccc(O)cc1)C(C)(F)S(=O)(=O)O. The van der Waals surface area contributed by atoms with Gasteiger partial charge in [0.15, 0.2) is 0 Å². The normalized spacial score (nSPS) is 15.2. The lowest BCUT2D eigenvalue weighted by Crippen LogP contribution is -2.43. The van der Waals surface area contributed by atoms with Gasteiger partial charge in [-0.1, -0.05) is 31.2 Å². The molecule has 2 aromatic rings. The van der Waals surface area contributed by atoms with Crippen LogP contribution in [-0.2, 0) is 25.1 Å². The van der Waals surface area contributed by atoms with Gasteiger partial charge in [-0.05, 0) is 55.7 Å². The van der Waals surface area contributed by atoms with E-state index in [2.05, 4.69) is 0 Å². The van der Waals surface area contributed by atoms with Crippen LogP contribution in [0.15, 0.2) is 48.5 Å². The van der Waals surface area contributed by atoms with Crippen molar-refractivity contribution in [2.24, 2.45) is 0 Å². The molecule has 0 heterocycles. The minimum Gasteiger partial charge on any atom is -0.508 e. The van der Waals surface area contributed by atoms with Crippen molar-refractivity contribution >= 4 is 16.1 Å². The van der Waals surface area contributed by atoms with E-state index in [9.17, 15) is 27.8 Å². The fourth-order valence-electron chi connectivity index (χ4n) is 3.04. The molecular weight excluding hydrogens is 415 g/mol. The molecule has 0 aliphatic heterocycles. The molecule has 0 saturated heterocycles. The maximum Gasteiger partial charge on any atom is 0.306 e. The summed E-state index contributed by atoms with van der Waals surface area (Å²) in [6.07, 6.45) is -1.68. The largest absolute Gasteiger partial charge is 0.508 e. The molecule has 0 aliphatic rings. The molecule has 2 unspecified atom stereocenters. The van der Waals surface area contributed by atoms with Crippen LogP contribution in [0.25, 0.3) is 0 Å². The van der Waals surface area contributed by atoms with E-state index >= 15 is 0 Å². The van der Waals surface area contributed by atoms with Gasteiger partial charge in [0.05, 0.1) is 0 Å². The molecule has 9 heteroatoms. The van der Waals surface area contributed by atoms with Crippen LogP contribution in [0, 0.1) is 0 Å². The van der Waals surface area contributed by atoms with Gasteiger partial charge in [0, 0.05) is 11.8 Å². The molecule has 0 aromatic heterocycles. The van der Waals surface area contributed by atoms with E-state index in [-0.39, 0.29) is 24.3 Å². The van der Waals surface area contributed by atoms with E-state index in [0.717, 1.165) is 18.1 Å². The Labute approximate surface area is 174 Å². The Morgan fingerprint density at radius 2 is 1.40 bits per heavy atom. The number of alkyl halides is 1. The number of carbonyl (C=O) groups is 1. The summed E-state index contributed by atoms with van der Waals surface area (Å²) in [7, 11) is -5.08. The third-order valence-electron chi connectivity index (χ3n) is 5.38. The van der Waals surface area contributed by atoms with Crippen molar-refractivity contribution < 1.29 is 37.1 Å². The van der Waals surface area contributed by atoms with Gasteiger partial charge in [-0.15, -0.1) is 0 Å². The van der Waals surface area contributed by atoms with Crippen LogP contribution in [-0.4, -0.2) is 40.3 Å². The summed E-state index contributed by atoms with van der Waals surface area (Å²) in [6, 6.07) is 12.8.